The number of hydrogen-bond donors (Lipinski definition) is 0. The maximum Gasteiger partial charge on any atom is 0.0973 e. The highest BCUT2D eigenvalue weighted by Gasteiger charge is 2.46. The van der Waals surface area contributed by atoms with Gasteiger partial charge in [-0.3, -0.25) is 0 Å². The Morgan fingerprint density at radius 1 is 0.220 bits per heavy atom. The van der Waals surface area contributed by atoms with Crippen LogP contribution in [0, 0.1) is 0 Å². The highest BCUT2D eigenvalue weighted by molar-refractivity contribution is 5.92. The molecule has 0 bridgehead atoms. The maximum atomic E-state index is 5.18. The van der Waals surface area contributed by atoms with Crippen molar-refractivity contribution in [3.05, 3.63) is 332 Å². The summed E-state index contributed by atoms with van der Waals surface area (Å²) in [6.45, 7) is 0. The van der Waals surface area contributed by atoms with E-state index >= 15 is 0 Å². The van der Waals surface area contributed by atoms with E-state index in [0.29, 0.717) is 0 Å². The summed E-state index contributed by atoms with van der Waals surface area (Å²) in [7, 11) is 0. The molecule has 0 saturated carbocycles. The first kappa shape index (κ1) is 48.3. The van der Waals surface area contributed by atoms with Crippen LogP contribution in [0.5, 0.6) is 0 Å². The van der Waals surface area contributed by atoms with Crippen LogP contribution in [0.4, 0.5) is 17.1 Å². The van der Waals surface area contributed by atoms with Gasteiger partial charge in [-0.1, -0.05) is 249 Å². The molecule has 1 aliphatic carbocycles. The second kappa shape index (κ2) is 20.4. The lowest BCUT2D eigenvalue weighted by atomic mass is 9.67. The number of hydrogen-bond acceptors (Lipinski definition) is 5. The zero-order chi connectivity index (χ0) is 54.4. The summed E-state index contributed by atoms with van der Waals surface area (Å²) in [5.41, 5.74) is 25.6. The molecule has 0 N–H and O–H groups in total. The summed E-state index contributed by atoms with van der Waals surface area (Å²) >= 11 is 0. The third-order valence-corrected chi connectivity index (χ3v) is 16.2. The average Bonchev–Trinajstić information content (AvgIpc) is 3.85. The number of aromatic nitrogens is 4. The topological polar surface area (TPSA) is 54.8 Å². The van der Waals surface area contributed by atoms with Crippen LogP contribution in [0.15, 0.2) is 309 Å². The van der Waals surface area contributed by atoms with Gasteiger partial charge in [-0.2, -0.15) is 0 Å². The maximum absolute atomic E-state index is 5.18. The molecule has 0 saturated heterocycles. The lowest BCUT2D eigenvalue weighted by molar-refractivity contribution is 0.768. The van der Waals surface area contributed by atoms with Crippen LogP contribution in [0.3, 0.4) is 0 Å². The molecule has 1 aliphatic rings. The molecular formula is C77H51N5. The third kappa shape index (κ3) is 8.42. The van der Waals surface area contributed by atoms with E-state index in [1.807, 2.05) is 60.7 Å². The molecule has 2 heterocycles. The quantitative estimate of drug-likeness (QED) is 0.129. The minimum atomic E-state index is -0.553. The molecule has 82 heavy (non-hydrogen) atoms. The van der Waals surface area contributed by atoms with Crippen molar-refractivity contribution in [2.24, 2.45) is 0 Å². The lowest BCUT2D eigenvalue weighted by Crippen LogP contribution is -2.28. The highest BCUT2D eigenvalue weighted by atomic mass is 15.1. The van der Waals surface area contributed by atoms with Crippen molar-refractivity contribution < 1.29 is 0 Å². The number of benzene rings is 12. The van der Waals surface area contributed by atoms with E-state index in [-0.39, 0.29) is 0 Å². The fourth-order valence-corrected chi connectivity index (χ4v) is 12.3. The van der Waals surface area contributed by atoms with Crippen LogP contribution in [-0.2, 0) is 5.41 Å². The SMILES string of the molecule is c1ccc(-c2nc3ccccc3nc2-c2ccc(-c3ccc(N(c4ccc(-c5ccc(-c6nc7ccccc7nc6-c6ccccc6)cc5)cc4)c4ccc5c(c4)C(c4ccccc4)(c4ccccc4)c4ccccc4-5)cc3)cc2)cc1. The van der Waals surface area contributed by atoms with E-state index in [1.165, 1.54) is 33.4 Å². The van der Waals surface area contributed by atoms with Crippen LogP contribution in [-0.4, -0.2) is 19.9 Å². The van der Waals surface area contributed by atoms with Gasteiger partial charge in [-0.15, -0.1) is 0 Å². The second-order valence-corrected chi connectivity index (χ2v) is 20.9. The molecule has 12 aromatic carbocycles. The first-order valence-electron chi connectivity index (χ1n) is 27.9. The van der Waals surface area contributed by atoms with Gasteiger partial charge in [0.25, 0.3) is 0 Å². The predicted molar refractivity (Wildman–Crippen MR) is 337 cm³/mol. The molecule has 0 spiro atoms. The van der Waals surface area contributed by atoms with Crippen LogP contribution in [0.2, 0.25) is 0 Å². The van der Waals surface area contributed by atoms with Crippen LogP contribution >= 0.6 is 0 Å². The average molecular weight is 1050 g/mol. The molecule has 0 amide bonds. The lowest BCUT2D eigenvalue weighted by Gasteiger charge is -2.35. The smallest absolute Gasteiger partial charge is 0.0973 e. The second-order valence-electron chi connectivity index (χ2n) is 20.9. The normalized spacial score (nSPS) is 12.2. The van der Waals surface area contributed by atoms with Crippen molar-refractivity contribution in [1.29, 1.82) is 0 Å². The summed E-state index contributed by atoms with van der Waals surface area (Å²) in [4.78, 5) is 23.0. The van der Waals surface area contributed by atoms with Crippen LogP contribution < -0.4 is 4.90 Å². The monoisotopic (exact) mass is 1050 g/mol. The van der Waals surface area contributed by atoms with Crippen molar-refractivity contribution >= 4 is 39.1 Å². The Hall–Kier alpha value is -10.9. The van der Waals surface area contributed by atoms with Gasteiger partial charge in [0.05, 0.1) is 50.3 Å². The van der Waals surface area contributed by atoms with Crippen molar-refractivity contribution in [1.82, 2.24) is 19.9 Å². The van der Waals surface area contributed by atoms with Gasteiger partial charge in [0.1, 0.15) is 0 Å². The molecule has 0 aliphatic heterocycles. The number of fused-ring (bicyclic) bond motifs is 5. The van der Waals surface area contributed by atoms with Crippen LogP contribution in [0.1, 0.15) is 22.3 Å². The minimum absolute atomic E-state index is 0.553. The summed E-state index contributed by atoms with van der Waals surface area (Å²) in [5.74, 6) is 0. The van der Waals surface area contributed by atoms with E-state index < -0.39 is 5.41 Å². The highest BCUT2D eigenvalue weighted by Crippen LogP contribution is 2.57. The van der Waals surface area contributed by atoms with Gasteiger partial charge < -0.3 is 4.90 Å². The van der Waals surface area contributed by atoms with Gasteiger partial charge in [-0.25, -0.2) is 19.9 Å². The van der Waals surface area contributed by atoms with E-state index in [4.69, 9.17) is 19.9 Å². The third-order valence-electron chi connectivity index (χ3n) is 16.2. The van der Waals surface area contributed by atoms with Crippen molar-refractivity contribution in [2.75, 3.05) is 4.90 Å². The number of anilines is 3. The molecule has 14 aromatic rings. The van der Waals surface area contributed by atoms with Gasteiger partial charge in [0.15, 0.2) is 0 Å². The molecule has 5 heteroatoms. The summed E-state index contributed by atoms with van der Waals surface area (Å²) in [5, 5.41) is 0. The molecule has 384 valence electrons. The molecule has 0 atom stereocenters. The van der Waals surface area contributed by atoms with Crippen molar-refractivity contribution in [3.8, 4) is 78.4 Å². The summed E-state index contributed by atoms with van der Waals surface area (Å²) in [6.07, 6.45) is 0. The van der Waals surface area contributed by atoms with E-state index in [2.05, 4.69) is 254 Å². The van der Waals surface area contributed by atoms with Gasteiger partial charge in [0.2, 0.25) is 0 Å². The van der Waals surface area contributed by atoms with Crippen molar-refractivity contribution in [3.63, 3.8) is 0 Å². The number of rotatable bonds is 11. The fourth-order valence-electron chi connectivity index (χ4n) is 12.3. The van der Waals surface area contributed by atoms with Gasteiger partial charge in [-0.05, 0) is 116 Å². The Morgan fingerprint density at radius 3 is 0.915 bits per heavy atom. The van der Waals surface area contributed by atoms with E-state index in [1.54, 1.807) is 0 Å². The Balaban J connectivity index is 0.821. The molecular weight excluding hydrogens is 995 g/mol. The minimum Gasteiger partial charge on any atom is -0.310 e. The standard InChI is InChI=1S/C77H51N5/c1-5-19-56(20-6-1)73-75(80-71-31-17-15-29-69(71)78-73)58-37-33-52(34-38-58)54-41-45-62(46-42-54)82(64-49-50-66-65-27-13-14-28-67(65)77(68(66)51-64,60-23-9-3-10-24-60)61-25-11-4-12-26-61)63-47-43-55(44-48-63)53-35-39-59(40-36-53)76-74(57-21-7-2-8-22-57)79-70-30-16-18-32-72(70)81-76/h1-51H. The largest absolute Gasteiger partial charge is 0.310 e. The molecule has 15 rings (SSSR count). The van der Waals surface area contributed by atoms with Crippen molar-refractivity contribution in [2.45, 2.75) is 5.41 Å². The van der Waals surface area contributed by atoms with Gasteiger partial charge >= 0.3 is 0 Å². The zero-order valence-corrected chi connectivity index (χ0v) is 44.7. The Labute approximate surface area is 476 Å². The van der Waals surface area contributed by atoms with E-state index in [9.17, 15) is 0 Å². The van der Waals surface area contributed by atoms with Gasteiger partial charge in [0, 0.05) is 39.3 Å². The molecule has 2 aromatic heterocycles. The summed E-state index contributed by atoms with van der Waals surface area (Å²) < 4.78 is 0. The molecule has 0 radical (unpaired) electrons. The molecule has 5 nitrogen and oxygen atoms in total. The number of para-hydroxylation sites is 4. The molecule has 0 unspecified atom stereocenters. The Morgan fingerprint density at radius 2 is 0.512 bits per heavy atom. The fraction of sp³-hybridized carbons (Fsp3) is 0.0130. The first-order chi connectivity index (χ1) is 40.6. The van der Waals surface area contributed by atoms with E-state index in [0.717, 1.165) is 106 Å². The number of nitrogens with zero attached hydrogens (tertiary/aromatic N) is 5. The Kier molecular flexibility index (Phi) is 12.0. The molecule has 0 fully saturated rings. The van der Waals surface area contributed by atoms with Crippen LogP contribution in [0.25, 0.3) is 100 Å². The predicted octanol–water partition coefficient (Wildman–Crippen LogP) is 19.4. The zero-order valence-electron chi connectivity index (χ0n) is 44.7. The first-order valence-corrected chi connectivity index (χ1v) is 27.9. The summed E-state index contributed by atoms with van der Waals surface area (Å²) in [6, 6.07) is 110. The Bertz CT molecular complexity index is 4380.